The highest BCUT2D eigenvalue weighted by atomic mass is 35.5. The summed E-state index contributed by atoms with van der Waals surface area (Å²) in [6.45, 7) is -3.08. The molecule has 0 heterocycles. The molecule has 1 N–H and O–H groups in total. The molecule has 0 atom stereocenters. The Morgan fingerprint density at radius 3 is 2.52 bits per heavy atom. The third kappa shape index (κ3) is 4.80. The summed E-state index contributed by atoms with van der Waals surface area (Å²) in [7, 11) is -2.86. The number of sulfonamides is 1. The molecule has 0 aliphatic heterocycles. The van der Waals surface area contributed by atoms with Gasteiger partial charge in [0.05, 0.1) is 22.6 Å². The summed E-state index contributed by atoms with van der Waals surface area (Å²) >= 11 is 5.76. The van der Waals surface area contributed by atoms with Crippen LogP contribution >= 0.6 is 11.6 Å². The average molecular weight is 392 g/mol. The zero-order chi connectivity index (χ0) is 18.6. The Morgan fingerprint density at radius 1 is 1.20 bits per heavy atom. The Morgan fingerprint density at radius 2 is 1.92 bits per heavy atom. The van der Waals surface area contributed by atoms with Crippen molar-refractivity contribution in [1.82, 2.24) is 0 Å². The van der Waals surface area contributed by atoms with E-state index in [1.165, 1.54) is 31.4 Å². The van der Waals surface area contributed by atoms with Crippen LogP contribution in [0.5, 0.6) is 5.75 Å². The Hall–Kier alpha value is -2.39. The molecule has 0 aromatic heterocycles. The van der Waals surface area contributed by atoms with Crippen molar-refractivity contribution >= 4 is 33.3 Å². The average Bonchev–Trinajstić information content (AvgIpc) is 2.55. The van der Waals surface area contributed by atoms with Crippen LogP contribution in [-0.4, -0.2) is 28.1 Å². The number of nitrogens with one attached hydrogen (secondary N) is 1. The maximum Gasteiger partial charge on any atom is 0.387 e. The van der Waals surface area contributed by atoms with E-state index < -0.39 is 22.6 Å². The summed E-state index contributed by atoms with van der Waals surface area (Å²) in [6, 6.07) is 8.71. The zero-order valence-electron chi connectivity index (χ0n) is 12.7. The van der Waals surface area contributed by atoms with E-state index in [-0.39, 0.29) is 26.9 Å². The molecule has 6 nitrogen and oxygen atoms in total. The van der Waals surface area contributed by atoms with E-state index in [2.05, 4.69) is 14.2 Å². The molecule has 0 radical (unpaired) electrons. The first-order valence-corrected chi connectivity index (χ1v) is 8.54. The van der Waals surface area contributed by atoms with Crippen LogP contribution in [0.1, 0.15) is 10.4 Å². The summed E-state index contributed by atoms with van der Waals surface area (Å²) < 4.78 is 60.1. The molecule has 10 heteroatoms. The minimum Gasteiger partial charge on any atom is -0.465 e. The SMILES string of the molecule is COC(=O)c1cccc(NS(=O)(=O)c2ccc(OC(F)F)c(Cl)c2)c1. The number of halogens is 3. The monoisotopic (exact) mass is 391 g/mol. The van der Waals surface area contributed by atoms with E-state index in [9.17, 15) is 22.0 Å². The van der Waals surface area contributed by atoms with Crippen LogP contribution in [-0.2, 0) is 14.8 Å². The number of carbonyl (C=O) groups is 1. The van der Waals surface area contributed by atoms with Gasteiger partial charge in [0.15, 0.2) is 0 Å². The predicted octanol–water partition coefficient (Wildman–Crippen LogP) is 3.53. The molecular weight excluding hydrogens is 380 g/mol. The third-order valence-electron chi connectivity index (χ3n) is 2.97. The van der Waals surface area contributed by atoms with Crippen LogP contribution in [0, 0.1) is 0 Å². The van der Waals surface area contributed by atoms with Crippen LogP contribution in [0.25, 0.3) is 0 Å². The van der Waals surface area contributed by atoms with Gasteiger partial charge >= 0.3 is 12.6 Å². The molecule has 25 heavy (non-hydrogen) atoms. The first-order valence-electron chi connectivity index (χ1n) is 6.68. The molecule has 2 aromatic carbocycles. The van der Waals surface area contributed by atoms with Crippen LogP contribution in [0.2, 0.25) is 5.02 Å². The van der Waals surface area contributed by atoms with Gasteiger partial charge in [0, 0.05) is 5.69 Å². The molecule has 0 unspecified atom stereocenters. The number of hydrogen-bond donors (Lipinski definition) is 1. The van der Waals surface area contributed by atoms with Gasteiger partial charge in [0.2, 0.25) is 0 Å². The lowest BCUT2D eigenvalue weighted by molar-refractivity contribution is -0.0498. The van der Waals surface area contributed by atoms with Gasteiger partial charge in [-0.05, 0) is 36.4 Å². The van der Waals surface area contributed by atoms with Gasteiger partial charge in [0.1, 0.15) is 5.75 Å². The number of rotatable bonds is 6. The summed E-state index contributed by atoms with van der Waals surface area (Å²) in [6.07, 6.45) is 0. The Kier molecular flexibility index (Phi) is 5.81. The Balaban J connectivity index is 2.28. The van der Waals surface area contributed by atoms with E-state index in [0.29, 0.717) is 0 Å². The lowest BCUT2D eigenvalue weighted by Crippen LogP contribution is -2.14. The van der Waals surface area contributed by atoms with Crippen molar-refractivity contribution in [2.45, 2.75) is 11.5 Å². The fourth-order valence-electron chi connectivity index (χ4n) is 1.88. The van der Waals surface area contributed by atoms with Crippen molar-refractivity contribution in [2.24, 2.45) is 0 Å². The smallest absolute Gasteiger partial charge is 0.387 e. The molecule has 134 valence electrons. The second-order valence-electron chi connectivity index (χ2n) is 4.65. The third-order valence-corrected chi connectivity index (χ3v) is 4.64. The predicted molar refractivity (Wildman–Crippen MR) is 86.7 cm³/mol. The van der Waals surface area contributed by atoms with Crippen molar-refractivity contribution < 1.29 is 31.5 Å². The normalized spacial score (nSPS) is 11.2. The summed E-state index contributed by atoms with van der Waals surface area (Å²) in [5.41, 5.74) is 0.272. The molecule has 0 saturated heterocycles. The molecule has 0 aliphatic rings. The van der Waals surface area contributed by atoms with E-state index in [4.69, 9.17) is 11.6 Å². The molecule has 0 aliphatic carbocycles. The Labute approximate surface area is 147 Å². The number of carbonyl (C=O) groups excluding carboxylic acids is 1. The van der Waals surface area contributed by atoms with Crippen LogP contribution in [0.3, 0.4) is 0 Å². The van der Waals surface area contributed by atoms with Crippen LogP contribution < -0.4 is 9.46 Å². The number of alkyl halides is 2. The highest BCUT2D eigenvalue weighted by Crippen LogP contribution is 2.29. The molecule has 0 saturated carbocycles. The lowest BCUT2D eigenvalue weighted by atomic mass is 10.2. The molecule has 0 spiro atoms. The molecular formula is C15H12ClF2NO5S. The van der Waals surface area contributed by atoms with Gasteiger partial charge in [0.25, 0.3) is 10.0 Å². The zero-order valence-corrected chi connectivity index (χ0v) is 14.3. The quantitative estimate of drug-likeness (QED) is 0.762. The van der Waals surface area contributed by atoms with Crippen molar-refractivity contribution in [3.8, 4) is 5.75 Å². The standard InChI is InChI=1S/C15H12ClF2NO5S/c1-23-14(20)9-3-2-4-10(7-9)19-25(21,22)11-5-6-13(12(16)8-11)24-15(17)18/h2-8,15,19H,1H3. The summed E-state index contributed by atoms with van der Waals surface area (Å²) in [5.74, 6) is -0.971. The molecule has 2 rings (SSSR count). The van der Waals surface area contributed by atoms with Crippen LogP contribution in [0.15, 0.2) is 47.4 Å². The van der Waals surface area contributed by atoms with Crippen molar-refractivity contribution in [2.75, 3.05) is 11.8 Å². The fourth-order valence-corrected chi connectivity index (χ4v) is 3.25. The van der Waals surface area contributed by atoms with Crippen molar-refractivity contribution in [3.05, 3.63) is 53.1 Å². The van der Waals surface area contributed by atoms with Gasteiger partial charge in [-0.25, -0.2) is 13.2 Å². The number of ether oxygens (including phenoxy) is 2. The topological polar surface area (TPSA) is 81.7 Å². The highest BCUT2D eigenvalue weighted by Gasteiger charge is 2.18. The number of anilines is 1. The molecule has 0 amide bonds. The summed E-state index contributed by atoms with van der Waals surface area (Å²) in [4.78, 5) is 11.2. The maximum absolute atomic E-state index is 12.4. The van der Waals surface area contributed by atoms with Crippen LogP contribution in [0.4, 0.5) is 14.5 Å². The minimum atomic E-state index is -4.06. The van der Waals surface area contributed by atoms with Crippen molar-refractivity contribution in [3.63, 3.8) is 0 Å². The maximum atomic E-state index is 12.4. The van der Waals surface area contributed by atoms with Gasteiger partial charge in [-0.2, -0.15) is 8.78 Å². The largest absolute Gasteiger partial charge is 0.465 e. The molecule has 0 bridgehead atoms. The highest BCUT2D eigenvalue weighted by molar-refractivity contribution is 7.92. The second kappa shape index (κ2) is 7.66. The fraction of sp³-hybridized carbons (Fsp3) is 0.133. The van der Waals surface area contributed by atoms with E-state index in [1.54, 1.807) is 0 Å². The van der Waals surface area contributed by atoms with Gasteiger partial charge < -0.3 is 9.47 Å². The minimum absolute atomic E-state index is 0.118. The number of methoxy groups -OCH3 is 1. The van der Waals surface area contributed by atoms with E-state index in [0.717, 1.165) is 18.2 Å². The number of hydrogen-bond acceptors (Lipinski definition) is 5. The van der Waals surface area contributed by atoms with Gasteiger partial charge in [-0.1, -0.05) is 17.7 Å². The van der Waals surface area contributed by atoms with Gasteiger partial charge in [-0.15, -0.1) is 0 Å². The second-order valence-corrected chi connectivity index (χ2v) is 6.74. The van der Waals surface area contributed by atoms with E-state index >= 15 is 0 Å². The van der Waals surface area contributed by atoms with Gasteiger partial charge in [-0.3, -0.25) is 4.72 Å². The number of esters is 1. The Bertz CT molecular complexity index is 889. The molecule has 2 aromatic rings. The van der Waals surface area contributed by atoms with E-state index in [1.807, 2.05) is 0 Å². The first kappa shape index (κ1) is 18.9. The number of benzene rings is 2. The van der Waals surface area contributed by atoms with Crippen molar-refractivity contribution in [1.29, 1.82) is 0 Å². The lowest BCUT2D eigenvalue weighted by Gasteiger charge is -2.11. The first-order chi connectivity index (χ1) is 11.7. The summed E-state index contributed by atoms with van der Waals surface area (Å²) in [5, 5.41) is -0.286. The molecule has 0 fully saturated rings.